The van der Waals surface area contributed by atoms with Gasteiger partial charge in [0, 0.05) is 18.0 Å². The second kappa shape index (κ2) is 4.53. The van der Waals surface area contributed by atoms with E-state index < -0.39 is 0 Å². The van der Waals surface area contributed by atoms with Crippen molar-refractivity contribution in [3.8, 4) is 17.0 Å². The van der Waals surface area contributed by atoms with E-state index in [1.165, 1.54) is 0 Å². The van der Waals surface area contributed by atoms with E-state index in [0.717, 1.165) is 27.7 Å². The van der Waals surface area contributed by atoms with E-state index in [4.69, 9.17) is 4.74 Å². The van der Waals surface area contributed by atoms with Gasteiger partial charge >= 0.3 is 0 Å². The van der Waals surface area contributed by atoms with Crippen molar-refractivity contribution in [2.24, 2.45) is 0 Å². The molecule has 4 heteroatoms. The van der Waals surface area contributed by atoms with Crippen LogP contribution in [0.15, 0.2) is 23.6 Å². The number of benzene rings is 1. The summed E-state index contributed by atoms with van der Waals surface area (Å²) in [5, 5.41) is 6.02. The summed E-state index contributed by atoms with van der Waals surface area (Å²) in [6.07, 6.45) is 0. The number of nitrogens with one attached hydrogen (secondary N) is 1. The molecule has 2 rings (SSSR count). The highest BCUT2D eigenvalue weighted by Gasteiger charge is 2.05. The molecule has 0 aliphatic heterocycles. The minimum atomic E-state index is 0.910. The number of nitrogens with zero attached hydrogens (tertiary/aromatic N) is 1. The van der Waals surface area contributed by atoms with Crippen molar-refractivity contribution in [2.75, 3.05) is 19.5 Å². The highest BCUT2D eigenvalue weighted by atomic mass is 32.1. The fraction of sp³-hybridized carbons (Fsp3) is 0.250. The lowest BCUT2D eigenvalue weighted by Gasteiger charge is -2.05. The van der Waals surface area contributed by atoms with Crippen LogP contribution in [0.5, 0.6) is 5.75 Å². The van der Waals surface area contributed by atoms with E-state index in [-0.39, 0.29) is 0 Å². The van der Waals surface area contributed by atoms with Gasteiger partial charge < -0.3 is 10.1 Å². The molecule has 0 radical (unpaired) electrons. The van der Waals surface area contributed by atoms with E-state index in [0.29, 0.717) is 0 Å². The summed E-state index contributed by atoms with van der Waals surface area (Å²) in [5.41, 5.74) is 3.25. The number of hydrogen-bond acceptors (Lipinski definition) is 4. The first-order valence-electron chi connectivity index (χ1n) is 5.03. The molecule has 0 fully saturated rings. The van der Waals surface area contributed by atoms with Gasteiger partial charge in [-0.1, -0.05) is 0 Å². The summed E-state index contributed by atoms with van der Waals surface area (Å²) in [6, 6.07) is 6.09. The first-order chi connectivity index (χ1) is 7.74. The summed E-state index contributed by atoms with van der Waals surface area (Å²) in [4.78, 5) is 4.46. The molecule has 0 spiro atoms. The Morgan fingerprint density at radius 3 is 2.75 bits per heavy atom. The quantitative estimate of drug-likeness (QED) is 0.885. The molecular formula is C12H14N2OS. The predicted molar refractivity (Wildman–Crippen MR) is 68.4 cm³/mol. The molecule has 0 atom stereocenters. The van der Waals surface area contributed by atoms with Gasteiger partial charge in [-0.2, -0.15) is 0 Å². The van der Waals surface area contributed by atoms with Crippen LogP contribution < -0.4 is 10.1 Å². The van der Waals surface area contributed by atoms with Crippen LogP contribution in [-0.2, 0) is 0 Å². The molecule has 1 aromatic carbocycles. The lowest BCUT2D eigenvalue weighted by atomic mass is 10.1. The lowest BCUT2D eigenvalue weighted by molar-refractivity contribution is 0.412. The standard InChI is InChI=1S/C12H14N2OS/c1-8-6-9(4-5-11(8)15-3)10-7-16-12(13-2)14-10/h4-7H,1-3H3,(H,13,14). The van der Waals surface area contributed by atoms with Gasteiger partial charge in [0.15, 0.2) is 5.13 Å². The van der Waals surface area contributed by atoms with Gasteiger partial charge in [-0.3, -0.25) is 0 Å². The van der Waals surface area contributed by atoms with Crippen LogP contribution in [0.1, 0.15) is 5.56 Å². The number of anilines is 1. The fourth-order valence-electron chi connectivity index (χ4n) is 1.56. The molecule has 0 amide bonds. The van der Waals surface area contributed by atoms with Crippen LogP contribution >= 0.6 is 11.3 Å². The van der Waals surface area contributed by atoms with Gasteiger partial charge in [-0.05, 0) is 30.7 Å². The Balaban J connectivity index is 2.37. The number of hydrogen-bond donors (Lipinski definition) is 1. The number of methoxy groups -OCH3 is 1. The van der Waals surface area contributed by atoms with Crippen molar-refractivity contribution < 1.29 is 4.74 Å². The van der Waals surface area contributed by atoms with Gasteiger partial charge in [-0.15, -0.1) is 11.3 Å². The van der Waals surface area contributed by atoms with Gasteiger partial charge in [0.25, 0.3) is 0 Å². The lowest BCUT2D eigenvalue weighted by Crippen LogP contribution is -1.89. The minimum absolute atomic E-state index is 0.910. The normalized spacial score (nSPS) is 10.2. The van der Waals surface area contributed by atoms with Crippen molar-refractivity contribution in [1.82, 2.24) is 4.98 Å². The predicted octanol–water partition coefficient (Wildman–Crippen LogP) is 3.17. The van der Waals surface area contributed by atoms with Crippen molar-refractivity contribution in [2.45, 2.75) is 6.92 Å². The van der Waals surface area contributed by atoms with Crippen LogP contribution in [0.3, 0.4) is 0 Å². The Kier molecular flexibility index (Phi) is 3.10. The molecule has 16 heavy (non-hydrogen) atoms. The van der Waals surface area contributed by atoms with Gasteiger partial charge in [0.2, 0.25) is 0 Å². The Hall–Kier alpha value is -1.55. The van der Waals surface area contributed by atoms with E-state index in [2.05, 4.69) is 16.4 Å². The van der Waals surface area contributed by atoms with Crippen LogP contribution in [0.2, 0.25) is 0 Å². The maximum absolute atomic E-state index is 5.23. The number of thiazole rings is 1. The van der Waals surface area contributed by atoms with Gasteiger partial charge in [0.05, 0.1) is 12.8 Å². The second-order valence-electron chi connectivity index (χ2n) is 3.47. The summed E-state index contributed by atoms with van der Waals surface area (Å²) in [7, 11) is 3.56. The largest absolute Gasteiger partial charge is 0.496 e. The third kappa shape index (κ3) is 2.02. The number of aromatic nitrogens is 1. The van der Waals surface area contributed by atoms with Crippen LogP contribution in [0, 0.1) is 6.92 Å². The summed E-state index contributed by atoms with van der Waals surface area (Å²) >= 11 is 1.61. The monoisotopic (exact) mass is 234 g/mol. The Labute approximate surface area is 99.1 Å². The zero-order valence-corrected chi connectivity index (χ0v) is 10.4. The van der Waals surface area contributed by atoms with Crippen molar-refractivity contribution in [3.63, 3.8) is 0 Å². The topological polar surface area (TPSA) is 34.2 Å². The summed E-state index contributed by atoms with van der Waals surface area (Å²) in [6.45, 7) is 2.04. The molecule has 0 aliphatic rings. The van der Waals surface area contributed by atoms with Crippen molar-refractivity contribution >= 4 is 16.5 Å². The highest BCUT2D eigenvalue weighted by molar-refractivity contribution is 7.14. The smallest absolute Gasteiger partial charge is 0.182 e. The first-order valence-corrected chi connectivity index (χ1v) is 5.91. The molecule has 1 aromatic heterocycles. The molecule has 0 bridgehead atoms. The zero-order valence-electron chi connectivity index (χ0n) is 9.57. The molecule has 1 N–H and O–H groups in total. The van der Waals surface area contributed by atoms with E-state index in [9.17, 15) is 0 Å². The summed E-state index contributed by atoms with van der Waals surface area (Å²) < 4.78 is 5.23. The number of aryl methyl sites for hydroxylation is 1. The molecule has 84 valence electrons. The molecule has 0 saturated carbocycles. The van der Waals surface area contributed by atoms with Crippen LogP contribution in [0.4, 0.5) is 5.13 Å². The molecule has 1 heterocycles. The second-order valence-corrected chi connectivity index (χ2v) is 4.33. The SMILES string of the molecule is CNc1nc(-c2ccc(OC)c(C)c2)cs1. The molecule has 2 aromatic rings. The summed E-state index contributed by atoms with van der Waals surface area (Å²) in [5.74, 6) is 0.910. The van der Waals surface area contributed by atoms with Crippen molar-refractivity contribution in [1.29, 1.82) is 0 Å². The van der Waals surface area contributed by atoms with E-state index in [1.54, 1.807) is 18.4 Å². The Morgan fingerprint density at radius 2 is 2.19 bits per heavy atom. The average Bonchev–Trinajstić information content (AvgIpc) is 2.77. The molecular weight excluding hydrogens is 220 g/mol. The Morgan fingerprint density at radius 1 is 1.38 bits per heavy atom. The Bertz CT molecular complexity index is 494. The maximum atomic E-state index is 5.23. The molecule has 0 unspecified atom stereocenters. The molecule has 0 saturated heterocycles. The third-order valence-electron chi connectivity index (χ3n) is 2.41. The van der Waals surface area contributed by atoms with E-state index >= 15 is 0 Å². The van der Waals surface area contributed by atoms with Gasteiger partial charge in [0.1, 0.15) is 5.75 Å². The van der Waals surface area contributed by atoms with Gasteiger partial charge in [-0.25, -0.2) is 4.98 Å². The van der Waals surface area contributed by atoms with Crippen LogP contribution in [-0.4, -0.2) is 19.1 Å². The number of ether oxygens (including phenoxy) is 1. The highest BCUT2D eigenvalue weighted by Crippen LogP contribution is 2.28. The average molecular weight is 234 g/mol. The zero-order chi connectivity index (χ0) is 11.5. The van der Waals surface area contributed by atoms with E-state index in [1.807, 2.05) is 31.5 Å². The minimum Gasteiger partial charge on any atom is -0.496 e. The maximum Gasteiger partial charge on any atom is 0.182 e. The van der Waals surface area contributed by atoms with Crippen LogP contribution in [0.25, 0.3) is 11.3 Å². The first kappa shape index (κ1) is 11.0. The molecule has 0 aliphatic carbocycles. The molecule has 3 nitrogen and oxygen atoms in total. The fourth-order valence-corrected chi connectivity index (χ4v) is 2.24. The van der Waals surface area contributed by atoms with Crippen molar-refractivity contribution in [3.05, 3.63) is 29.1 Å². The number of rotatable bonds is 3. The third-order valence-corrected chi connectivity index (χ3v) is 3.27.